The Morgan fingerprint density at radius 2 is 2.00 bits per heavy atom. The number of piperidine rings is 1. The maximum Gasteiger partial charge on any atom is 0.320 e. The van der Waals surface area contributed by atoms with Gasteiger partial charge in [-0.2, -0.15) is 5.10 Å². The fourth-order valence-electron chi connectivity index (χ4n) is 3.43. The number of hydrogen-bond acceptors (Lipinski definition) is 5. The minimum atomic E-state index is -0.296. The Balaban J connectivity index is 1.40. The molecule has 28 heavy (non-hydrogen) atoms. The van der Waals surface area contributed by atoms with Gasteiger partial charge in [0, 0.05) is 18.3 Å². The molecule has 1 atom stereocenters. The van der Waals surface area contributed by atoms with Crippen LogP contribution in [0.15, 0.2) is 42.6 Å². The quantitative estimate of drug-likeness (QED) is 0.468. The van der Waals surface area contributed by atoms with Crippen LogP contribution in [0.5, 0.6) is 0 Å². The number of carbonyl (C=O) groups excluding carboxylic acids is 1. The molecule has 8 heteroatoms. The normalized spacial score (nSPS) is 15.9. The van der Waals surface area contributed by atoms with Gasteiger partial charge in [-0.1, -0.05) is 30.3 Å². The summed E-state index contributed by atoms with van der Waals surface area (Å²) in [7, 11) is 0. The number of anilines is 2. The first kappa shape index (κ1) is 18.2. The van der Waals surface area contributed by atoms with Crippen LogP contribution in [0, 0.1) is 0 Å². The Kier molecular flexibility index (Phi) is 5.38. The summed E-state index contributed by atoms with van der Waals surface area (Å²) in [6, 6.07) is 11.6. The number of nitrogens with zero attached hydrogens (tertiary/aromatic N) is 2. The smallest absolute Gasteiger partial charge is 0.320 e. The third-order valence-electron chi connectivity index (χ3n) is 5.02. The van der Waals surface area contributed by atoms with Crippen molar-refractivity contribution in [3.63, 3.8) is 0 Å². The predicted octanol–water partition coefficient (Wildman–Crippen LogP) is 3.00. The molecule has 8 nitrogen and oxygen atoms in total. The van der Waals surface area contributed by atoms with E-state index in [1.165, 1.54) is 0 Å². The highest BCUT2D eigenvalue weighted by atomic mass is 16.2. The van der Waals surface area contributed by atoms with Crippen LogP contribution in [0.3, 0.4) is 0 Å². The standard InChI is InChI=1S/C20H25N7O/c1-13(14-5-3-2-4-6-14)23-20(28)25-18-11-17-16(12-22-18)19(27-26-17)24-15-7-9-21-10-8-15/h2-6,11-13,15,21H,7-10H2,1H3,(H2,24,26,27)(H2,22,23,25,28)/t13-/m1/s1. The topological polar surface area (TPSA) is 107 Å². The molecule has 5 N–H and O–H groups in total. The van der Waals surface area contributed by atoms with E-state index in [1.54, 1.807) is 12.3 Å². The van der Waals surface area contributed by atoms with Crippen molar-refractivity contribution in [3.8, 4) is 0 Å². The Morgan fingerprint density at radius 1 is 1.21 bits per heavy atom. The van der Waals surface area contributed by atoms with Gasteiger partial charge in [0.15, 0.2) is 5.82 Å². The molecule has 1 aliphatic rings. The summed E-state index contributed by atoms with van der Waals surface area (Å²) in [4.78, 5) is 16.7. The third kappa shape index (κ3) is 4.23. The highest BCUT2D eigenvalue weighted by molar-refractivity contribution is 5.94. The number of urea groups is 1. The lowest BCUT2D eigenvalue weighted by molar-refractivity contribution is 0.249. The largest absolute Gasteiger partial charge is 0.365 e. The first-order valence-corrected chi connectivity index (χ1v) is 9.63. The van der Waals surface area contributed by atoms with Crippen molar-refractivity contribution in [2.45, 2.75) is 31.8 Å². The number of H-pyrrole nitrogens is 1. The minimum absolute atomic E-state index is 0.0992. The number of aromatic amines is 1. The van der Waals surface area contributed by atoms with Crippen LogP contribution in [0.2, 0.25) is 0 Å². The average Bonchev–Trinajstić information content (AvgIpc) is 3.11. The van der Waals surface area contributed by atoms with Gasteiger partial charge in [0.25, 0.3) is 0 Å². The van der Waals surface area contributed by atoms with Crippen LogP contribution in [0.4, 0.5) is 16.4 Å². The van der Waals surface area contributed by atoms with Crippen molar-refractivity contribution in [1.82, 2.24) is 25.8 Å². The van der Waals surface area contributed by atoms with E-state index in [2.05, 4.69) is 36.4 Å². The molecule has 0 unspecified atom stereocenters. The van der Waals surface area contributed by atoms with E-state index in [4.69, 9.17) is 0 Å². The van der Waals surface area contributed by atoms with Crippen LogP contribution in [0.25, 0.3) is 10.9 Å². The summed E-state index contributed by atoms with van der Waals surface area (Å²) in [5.41, 5.74) is 1.88. The third-order valence-corrected chi connectivity index (χ3v) is 5.02. The minimum Gasteiger partial charge on any atom is -0.365 e. The highest BCUT2D eigenvalue weighted by Gasteiger charge is 2.16. The molecule has 1 aromatic carbocycles. The second kappa shape index (κ2) is 8.26. The number of fused-ring (bicyclic) bond motifs is 1. The number of rotatable bonds is 5. The fraction of sp³-hybridized carbons (Fsp3) is 0.350. The van der Waals surface area contributed by atoms with E-state index < -0.39 is 0 Å². The molecule has 0 saturated carbocycles. The zero-order valence-electron chi connectivity index (χ0n) is 15.8. The predicted molar refractivity (Wildman–Crippen MR) is 110 cm³/mol. The van der Waals surface area contributed by atoms with E-state index in [9.17, 15) is 4.79 Å². The molecule has 0 aliphatic carbocycles. The zero-order chi connectivity index (χ0) is 19.3. The van der Waals surface area contributed by atoms with Crippen molar-refractivity contribution in [3.05, 3.63) is 48.2 Å². The molecule has 3 aromatic rings. The zero-order valence-corrected chi connectivity index (χ0v) is 15.8. The number of amides is 2. The van der Waals surface area contributed by atoms with Crippen LogP contribution < -0.4 is 21.3 Å². The molecular weight excluding hydrogens is 354 g/mol. The molecule has 0 radical (unpaired) electrons. The van der Waals surface area contributed by atoms with Gasteiger partial charge in [0.2, 0.25) is 0 Å². The molecule has 1 saturated heterocycles. The average molecular weight is 379 g/mol. The van der Waals surface area contributed by atoms with Crippen LogP contribution in [-0.4, -0.2) is 40.3 Å². The first-order valence-electron chi connectivity index (χ1n) is 9.63. The molecule has 2 amide bonds. The van der Waals surface area contributed by atoms with Gasteiger partial charge in [0.05, 0.1) is 16.9 Å². The Morgan fingerprint density at radius 3 is 2.79 bits per heavy atom. The monoisotopic (exact) mass is 379 g/mol. The van der Waals surface area contributed by atoms with Crippen LogP contribution in [-0.2, 0) is 0 Å². The molecule has 146 valence electrons. The van der Waals surface area contributed by atoms with Gasteiger partial charge in [0.1, 0.15) is 5.82 Å². The lowest BCUT2D eigenvalue weighted by atomic mass is 10.1. The van der Waals surface area contributed by atoms with Gasteiger partial charge in [-0.15, -0.1) is 0 Å². The van der Waals surface area contributed by atoms with Gasteiger partial charge >= 0.3 is 6.03 Å². The van der Waals surface area contributed by atoms with Gasteiger partial charge in [-0.05, 0) is 38.4 Å². The van der Waals surface area contributed by atoms with Crippen molar-refractivity contribution in [1.29, 1.82) is 0 Å². The maximum absolute atomic E-state index is 12.3. The second-order valence-corrected chi connectivity index (χ2v) is 7.09. The summed E-state index contributed by atoms with van der Waals surface area (Å²) in [6.45, 7) is 3.98. The van der Waals surface area contributed by atoms with Crippen molar-refractivity contribution < 1.29 is 4.79 Å². The number of nitrogens with one attached hydrogen (secondary N) is 5. The van der Waals surface area contributed by atoms with Crippen molar-refractivity contribution >= 4 is 28.6 Å². The van der Waals surface area contributed by atoms with E-state index in [1.807, 2.05) is 37.3 Å². The van der Waals surface area contributed by atoms with Gasteiger partial charge in [-0.25, -0.2) is 9.78 Å². The lowest BCUT2D eigenvalue weighted by Gasteiger charge is -2.23. The summed E-state index contributed by atoms with van der Waals surface area (Å²) in [6.07, 6.45) is 3.88. The molecule has 1 fully saturated rings. The molecule has 4 rings (SSSR count). The van der Waals surface area contributed by atoms with E-state index in [-0.39, 0.29) is 12.1 Å². The number of aromatic nitrogens is 3. The summed E-state index contributed by atoms with van der Waals surface area (Å²) >= 11 is 0. The summed E-state index contributed by atoms with van der Waals surface area (Å²) in [5.74, 6) is 1.28. The Hall–Kier alpha value is -3.13. The summed E-state index contributed by atoms with van der Waals surface area (Å²) in [5, 5.41) is 20.9. The Bertz CT molecular complexity index is 934. The van der Waals surface area contributed by atoms with E-state index in [0.29, 0.717) is 11.9 Å². The molecule has 3 heterocycles. The van der Waals surface area contributed by atoms with Crippen molar-refractivity contribution in [2.75, 3.05) is 23.7 Å². The highest BCUT2D eigenvalue weighted by Crippen LogP contribution is 2.23. The fourth-order valence-corrected chi connectivity index (χ4v) is 3.43. The number of benzene rings is 1. The maximum atomic E-state index is 12.3. The van der Waals surface area contributed by atoms with Gasteiger partial charge in [-0.3, -0.25) is 10.4 Å². The SMILES string of the molecule is C[C@@H](NC(=O)Nc1cc2[nH]nc(NC3CCNCC3)c2cn1)c1ccccc1. The van der Waals surface area contributed by atoms with Crippen molar-refractivity contribution in [2.24, 2.45) is 0 Å². The summed E-state index contributed by atoms with van der Waals surface area (Å²) < 4.78 is 0. The van der Waals surface area contributed by atoms with E-state index in [0.717, 1.165) is 48.2 Å². The molecular formula is C20H25N7O. The first-order chi connectivity index (χ1) is 13.7. The second-order valence-electron chi connectivity index (χ2n) is 7.09. The molecule has 0 bridgehead atoms. The lowest BCUT2D eigenvalue weighted by Crippen LogP contribution is -2.35. The number of hydrogen-bond donors (Lipinski definition) is 5. The van der Waals surface area contributed by atoms with Crippen LogP contribution >= 0.6 is 0 Å². The number of pyridine rings is 1. The van der Waals surface area contributed by atoms with E-state index >= 15 is 0 Å². The molecule has 2 aromatic heterocycles. The molecule has 0 spiro atoms. The molecule has 1 aliphatic heterocycles. The van der Waals surface area contributed by atoms with Gasteiger partial charge < -0.3 is 16.0 Å². The Labute approximate surface area is 163 Å². The number of carbonyl (C=O) groups is 1. The van der Waals surface area contributed by atoms with Crippen LogP contribution in [0.1, 0.15) is 31.4 Å².